The summed E-state index contributed by atoms with van der Waals surface area (Å²) in [6.45, 7) is 0. The first-order chi connectivity index (χ1) is 9.10. The molecule has 0 radical (unpaired) electrons. The summed E-state index contributed by atoms with van der Waals surface area (Å²) in [7, 11) is 1.59. The van der Waals surface area contributed by atoms with Crippen LogP contribution < -0.4 is 10.6 Å². The maximum atomic E-state index is 13.1. The summed E-state index contributed by atoms with van der Waals surface area (Å²) in [5.74, 6) is -0.227. The van der Waals surface area contributed by atoms with Crippen molar-refractivity contribution in [2.45, 2.75) is 0 Å². The topological polar surface area (TPSA) is 93.0 Å². The Morgan fingerprint density at radius 3 is 2.84 bits per heavy atom. The number of anilines is 3. The van der Waals surface area contributed by atoms with Gasteiger partial charge in [0.15, 0.2) is 0 Å². The van der Waals surface area contributed by atoms with Crippen LogP contribution in [0.3, 0.4) is 0 Å². The van der Waals surface area contributed by atoms with Crippen molar-refractivity contribution in [3.63, 3.8) is 0 Å². The fourth-order valence-electron chi connectivity index (χ4n) is 1.42. The third-order valence-corrected chi connectivity index (χ3v) is 2.28. The van der Waals surface area contributed by atoms with Gasteiger partial charge in [0.25, 0.3) is 0 Å². The van der Waals surface area contributed by atoms with Crippen molar-refractivity contribution in [1.29, 1.82) is 0 Å². The van der Waals surface area contributed by atoms with Crippen molar-refractivity contribution in [3.8, 4) is 0 Å². The number of halogens is 1. The highest BCUT2D eigenvalue weighted by Crippen LogP contribution is 2.25. The number of nitrogens with zero attached hydrogens (tertiary/aromatic N) is 3. The lowest BCUT2D eigenvalue weighted by atomic mass is 10.3. The first-order valence-electron chi connectivity index (χ1n) is 5.32. The predicted molar refractivity (Wildman–Crippen MR) is 67.9 cm³/mol. The summed E-state index contributed by atoms with van der Waals surface area (Å²) in [5.41, 5.74) is 0.0760. The second kappa shape index (κ2) is 5.25. The minimum atomic E-state index is -0.610. The summed E-state index contributed by atoms with van der Waals surface area (Å²) in [4.78, 5) is 18.0. The summed E-state index contributed by atoms with van der Waals surface area (Å²) in [6.07, 6.45) is 1.08. The van der Waals surface area contributed by atoms with Crippen LogP contribution in [0.4, 0.5) is 27.5 Å². The molecule has 0 spiro atoms. The maximum Gasteiger partial charge on any atom is 0.329 e. The molecule has 98 valence electrons. The van der Waals surface area contributed by atoms with Gasteiger partial charge < -0.3 is 10.6 Å². The highest BCUT2D eigenvalue weighted by atomic mass is 19.1. The van der Waals surface area contributed by atoms with Crippen LogP contribution in [-0.4, -0.2) is 21.9 Å². The van der Waals surface area contributed by atoms with E-state index in [-0.39, 0.29) is 17.5 Å². The molecule has 2 N–H and O–H groups in total. The Balaban J connectivity index is 2.39. The lowest BCUT2D eigenvalue weighted by Gasteiger charge is -2.07. The molecule has 0 saturated carbocycles. The van der Waals surface area contributed by atoms with Gasteiger partial charge in [0.2, 0.25) is 11.8 Å². The molecular weight excluding hydrogens is 253 g/mol. The standard InChI is InChI=1S/C11H10FN5O2/c1-13-11-14-6-9(17(18)19)10(16-11)15-8-4-2-3-7(12)5-8/h2-6H,1H3,(H2,13,14,15,16). The molecule has 1 aromatic carbocycles. The number of hydrogen-bond donors (Lipinski definition) is 2. The molecule has 8 heteroatoms. The molecule has 0 aliphatic heterocycles. The molecule has 1 aromatic heterocycles. The molecule has 0 unspecified atom stereocenters. The minimum Gasteiger partial charge on any atom is -0.357 e. The molecule has 0 amide bonds. The second-order valence-corrected chi connectivity index (χ2v) is 3.57. The van der Waals surface area contributed by atoms with E-state index in [2.05, 4.69) is 20.6 Å². The SMILES string of the molecule is CNc1ncc([N+](=O)[O-])c(Nc2cccc(F)c2)n1. The van der Waals surface area contributed by atoms with Gasteiger partial charge >= 0.3 is 5.69 Å². The minimum absolute atomic E-state index is 0.00468. The van der Waals surface area contributed by atoms with Crippen molar-refractivity contribution in [2.24, 2.45) is 0 Å². The zero-order valence-electron chi connectivity index (χ0n) is 9.92. The summed E-state index contributed by atoms with van der Waals surface area (Å²) in [6, 6.07) is 5.56. The van der Waals surface area contributed by atoms with Crippen LogP contribution in [0.25, 0.3) is 0 Å². The van der Waals surface area contributed by atoms with E-state index in [1.165, 1.54) is 18.2 Å². The first-order valence-corrected chi connectivity index (χ1v) is 5.32. The predicted octanol–water partition coefficient (Wildman–Crippen LogP) is 2.31. The van der Waals surface area contributed by atoms with E-state index in [9.17, 15) is 14.5 Å². The number of nitrogens with one attached hydrogen (secondary N) is 2. The van der Waals surface area contributed by atoms with Gasteiger partial charge in [-0.05, 0) is 18.2 Å². The van der Waals surface area contributed by atoms with Gasteiger partial charge in [0, 0.05) is 12.7 Å². The largest absolute Gasteiger partial charge is 0.357 e. The Hall–Kier alpha value is -2.77. The molecular formula is C11H10FN5O2. The van der Waals surface area contributed by atoms with E-state index >= 15 is 0 Å². The van der Waals surface area contributed by atoms with Crippen LogP contribution in [0, 0.1) is 15.9 Å². The Labute approximate surface area is 107 Å². The van der Waals surface area contributed by atoms with Gasteiger partial charge in [-0.25, -0.2) is 9.37 Å². The normalized spacial score (nSPS) is 10.0. The number of nitro groups is 1. The molecule has 1 heterocycles. The van der Waals surface area contributed by atoms with Crippen molar-refractivity contribution < 1.29 is 9.31 Å². The molecule has 2 rings (SSSR count). The van der Waals surface area contributed by atoms with Gasteiger partial charge in [0.1, 0.15) is 12.0 Å². The maximum absolute atomic E-state index is 13.1. The third-order valence-electron chi connectivity index (χ3n) is 2.28. The zero-order valence-corrected chi connectivity index (χ0v) is 9.92. The van der Waals surface area contributed by atoms with E-state index in [0.29, 0.717) is 5.69 Å². The Kier molecular flexibility index (Phi) is 3.51. The van der Waals surface area contributed by atoms with Crippen LogP contribution >= 0.6 is 0 Å². The van der Waals surface area contributed by atoms with E-state index in [1.54, 1.807) is 13.1 Å². The zero-order chi connectivity index (χ0) is 13.8. The number of hydrogen-bond acceptors (Lipinski definition) is 6. The van der Waals surface area contributed by atoms with Crippen LogP contribution in [0.15, 0.2) is 30.5 Å². The van der Waals surface area contributed by atoms with Crippen molar-refractivity contribution >= 4 is 23.1 Å². The van der Waals surface area contributed by atoms with Crippen LogP contribution in [-0.2, 0) is 0 Å². The molecule has 0 atom stereocenters. The smallest absolute Gasteiger partial charge is 0.329 e. The van der Waals surface area contributed by atoms with Gasteiger partial charge in [-0.2, -0.15) is 4.98 Å². The molecule has 0 aliphatic rings. The van der Waals surface area contributed by atoms with E-state index in [0.717, 1.165) is 6.20 Å². The Morgan fingerprint density at radius 2 is 2.21 bits per heavy atom. The third kappa shape index (κ3) is 2.92. The van der Waals surface area contributed by atoms with E-state index in [1.807, 2.05) is 0 Å². The average Bonchev–Trinajstić information content (AvgIpc) is 2.38. The highest BCUT2D eigenvalue weighted by molar-refractivity contribution is 5.65. The van der Waals surface area contributed by atoms with Crippen LogP contribution in [0.5, 0.6) is 0 Å². The molecule has 0 fully saturated rings. The fraction of sp³-hybridized carbons (Fsp3) is 0.0909. The van der Waals surface area contributed by atoms with E-state index < -0.39 is 10.7 Å². The van der Waals surface area contributed by atoms with Gasteiger partial charge in [-0.3, -0.25) is 10.1 Å². The van der Waals surface area contributed by atoms with Gasteiger partial charge in [-0.1, -0.05) is 6.07 Å². The lowest BCUT2D eigenvalue weighted by molar-refractivity contribution is -0.384. The second-order valence-electron chi connectivity index (χ2n) is 3.57. The molecule has 7 nitrogen and oxygen atoms in total. The van der Waals surface area contributed by atoms with Crippen molar-refractivity contribution in [1.82, 2.24) is 9.97 Å². The first kappa shape index (κ1) is 12.7. The lowest BCUT2D eigenvalue weighted by Crippen LogP contribution is -2.04. The summed E-state index contributed by atoms with van der Waals surface area (Å²) >= 11 is 0. The molecule has 0 saturated heterocycles. The van der Waals surface area contributed by atoms with Gasteiger partial charge in [-0.15, -0.1) is 0 Å². The fourth-order valence-corrected chi connectivity index (χ4v) is 1.42. The molecule has 0 aliphatic carbocycles. The number of rotatable bonds is 4. The quantitative estimate of drug-likeness (QED) is 0.649. The number of aromatic nitrogens is 2. The monoisotopic (exact) mass is 263 g/mol. The Bertz CT molecular complexity index is 620. The average molecular weight is 263 g/mol. The highest BCUT2D eigenvalue weighted by Gasteiger charge is 2.17. The molecule has 2 aromatic rings. The van der Waals surface area contributed by atoms with Crippen LogP contribution in [0.2, 0.25) is 0 Å². The molecule has 0 bridgehead atoms. The molecule has 19 heavy (non-hydrogen) atoms. The van der Waals surface area contributed by atoms with Crippen LogP contribution in [0.1, 0.15) is 0 Å². The summed E-state index contributed by atoms with van der Waals surface area (Å²) < 4.78 is 13.1. The van der Waals surface area contributed by atoms with Crippen molar-refractivity contribution in [2.75, 3.05) is 17.7 Å². The van der Waals surface area contributed by atoms with Crippen molar-refractivity contribution in [3.05, 3.63) is 46.4 Å². The summed E-state index contributed by atoms with van der Waals surface area (Å²) in [5, 5.41) is 16.2. The Morgan fingerprint density at radius 1 is 1.42 bits per heavy atom. The van der Waals surface area contributed by atoms with E-state index in [4.69, 9.17) is 0 Å². The van der Waals surface area contributed by atoms with Gasteiger partial charge in [0.05, 0.1) is 4.92 Å². The number of benzene rings is 1.